The Kier molecular flexibility index (Phi) is 6.89. The molecule has 4 N–H and O–H groups in total. The van der Waals surface area contributed by atoms with E-state index in [0.717, 1.165) is 16.7 Å². The fraction of sp³-hybridized carbons (Fsp3) is 0.304. The highest BCUT2D eigenvalue weighted by atomic mass is 16.4. The molecule has 2 unspecified atom stereocenters. The molecule has 0 amide bonds. The van der Waals surface area contributed by atoms with Gasteiger partial charge >= 0.3 is 5.97 Å². The summed E-state index contributed by atoms with van der Waals surface area (Å²) in [4.78, 5) is 35.7. The minimum atomic E-state index is -1.78. The Balaban J connectivity index is 1.83. The van der Waals surface area contributed by atoms with E-state index in [9.17, 15) is 19.5 Å². The first-order valence-electron chi connectivity index (χ1n) is 10.2. The molecule has 0 aliphatic carbocycles. The van der Waals surface area contributed by atoms with E-state index in [2.05, 4.69) is 20.6 Å². The Morgan fingerprint density at radius 2 is 1.72 bits per heavy atom. The molecule has 166 valence electrons. The summed E-state index contributed by atoms with van der Waals surface area (Å²) in [5.74, 6) is -2.20. The van der Waals surface area contributed by atoms with Crippen LogP contribution in [-0.4, -0.2) is 48.8 Å². The second kappa shape index (κ2) is 9.61. The molecule has 3 rings (SSSR count). The maximum Gasteiger partial charge on any atom is 0.324 e. The number of nitrogens with one attached hydrogen (secondary N) is 1. The van der Waals surface area contributed by atoms with Crippen LogP contribution in [0.15, 0.2) is 48.5 Å². The van der Waals surface area contributed by atoms with Gasteiger partial charge in [0.25, 0.3) is 0 Å². The zero-order valence-electron chi connectivity index (χ0n) is 17.9. The van der Waals surface area contributed by atoms with Gasteiger partial charge in [-0.1, -0.05) is 55.5 Å². The number of ketones is 2. The van der Waals surface area contributed by atoms with Gasteiger partial charge in [-0.3, -0.25) is 9.59 Å². The number of H-pyrrole nitrogens is 1. The molecule has 0 aliphatic rings. The molecule has 2 aromatic carbocycles. The Morgan fingerprint density at radius 3 is 2.28 bits per heavy atom. The van der Waals surface area contributed by atoms with Gasteiger partial charge in [0.1, 0.15) is 17.1 Å². The molecule has 0 fully saturated rings. The molecule has 1 heterocycles. The van der Waals surface area contributed by atoms with Crippen LogP contribution in [0.3, 0.4) is 0 Å². The monoisotopic (exact) mass is 435 g/mol. The van der Waals surface area contributed by atoms with E-state index < -0.39 is 17.4 Å². The number of nitrogens with two attached hydrogens (primary N) is 1. The number of carboxylic acids is 1. The average Bonchev–Trinajstić information content (AvgIpc) is 3.32. The van der Waals surface area contributed by atoms with Crippen LogP contribution in [0.2, 0.25) is 0 Å². The van der Waals surface area contributed by atoms with Crippen molar-refractivity contribution in [1.82, 2.24) is 20.6 Å². The zero-order valence-corrected chi connectivity index (χ0v) is 17.9. The summed E-state index contributed by atoms with van der Waals surface area (Å²) in [6.07, 6.45) is 0.0317. The number of aromatic nitrogens is 4. The molecule has 0 aliphatic heterocycles. The van der Waals surface area contributed by atoms with Crippen molar-refractivity contribution in [3.63, 3.8) is 0 Å². The minimum absolute atomic E-state index is 0.0193. The van der Waals surface area contributed by atoms with Gasteiger partial charge in [-0.2, -0.15) is 5.21 Å². The van der Waals surface area contributed by atoms with Gasteiger partial charge in [-0.25, -0.2) is 0 Å². The highest BCUT2D eigenvalue weighted by molar-refractivity contribution is 5.92. The van der Waals surface area contributed by atoms with Crippen molar-refractivity contribution in [3.05, 3.63) is 54.1 Å². The van der Waals surface area contributed by atoms with E-state index in [1.54, 1.807) is 12.1 Å². The highest BCUT2D eigenvalue weighted by Gasteiger charge is 2.43. The lowest BCUT2D eigenvalue weighted by Gasteiger charge is -2.30. The minimum Gasteiger partial charge on any atom is -0.480 e. The number of rotatable bonds is 10. The van der Waals surface area contributed by atoms with Gasteiger partial charge in [0.2, 0.25) is 5.82 Å². The number of carbonyl (C=O) groups is 3. The summed E-state index contributed by atoms with van der Waals surface area (Å²) < 4.78 is 0. The third kappa shape index (κ3) is 4.94. The maximum atomic E-state index is 12.5. The number of tetrazole rings is 1. The highest BCUT2D eigenvalue weighted by Crippen LogP contribution is 2.31. The molecule has 0 spiro atoms. The molecule has 0 bridgehead atoms. The molecule has 0 radical (unpaired) electrons. The predicted octanol–water partition coefficient (Wildman–Crippen LogP) is 2.43. The standard InChI is InChI=1S/C23H25N5O4/c1-14(29)7-12-20(30)15(2)23(24,22(31)32)13-16-8-10-17(11-9-16)18-5-3-4-6-19(18)21-25-27-28-26-21/h3-6,8-11,15H,7,12-13,24H2,1-2H3,(H,31,32)(H,25,26,27,28). The number of nitrogens with zero attached hydrogens (tertiary/aromatic N) is 3. The smallest absolute Gasteiger partial charge is 0.324 e. The normalized spacial score (nSPS) is 13.8. The second-order valence-electron chi connectivity index (χ2n) is 7.89. The quantitative estimate of drug-likeness (QED) is 0.439. The predicted molar refractivity (Wildman–Crippen MR) is 117 cm³/mol. The molecular formula is C23H25N5O4. The van der Waals surface area contributed by atoms with Crippen LogP contribution in [0.5, 0.6) is 0 Å². The van der Waals surface area contributed by atoms with E-state index in [4.69, 9.17) is 5.73 Å². The van der Waals surface area contributed by atoms with Crippen LogP contribution in [0.25, 0.3) is 22.5 Å². The van der Waals surface area contributed by atoms with Gasteiger partial charge in [-0.05, 0) is 28.8 Å². The Labute approximate surface area is 185 Å². The number of hydrogen-bond donors (Lipinski definition) is 3. The molecule has 32 heavy (non-hydrogen) atoms. The number of aliphatic carboxylic acids is 1. The van der Waals surface area contributed by atoms with Gasteiger partial charge < -0.3 is 15.6 Å². The van der Waals surface area contributed by atoms with Crippen molar-refractivity contribution in [2.24, 2.45) is 11.7 Å². The summed E-state index contributed by atoms with van der Waals surface area (Å²) in [5.41, 5.74) is 7.72. The molecule has 0 saturated heterocycles. The number of Topliss-reactive ketones (excluding diaryl/α,β-unsaturated/α-hetero) is 2. The number of hydrogen-bond acceptors (Lipinski definition) is 7. The van der Waals surface area contributed by atoms with Crippen molar-refractivity contribution in [1.29, 1.82) is 0 Å². The number of carboxylic acid groups (broad SMARTS) is 1. The third-order valence-corrected chi connectivity index (χ3v) is 5.65. The van der Waals surface area contributed by atoms with Gasteiger partial charge in [0.05, 0.1) is 0 Å². The molecule has 0 saturated carbocycles. The molecule has 2 atom stereocenters. The zero-order chi connectivity index (χ0) is 23.3. The first-order valence-corrected chi connectivity index (χ1v) is 10.2. The summed E-state index contributed by atoms with van der Waals surface area (Å²) >= 11 is 0. The molecular weight excluding hydrogens is 410 g/mol. The van der Waals surface area contributed by atoms with E-state index >= 15 is 0 Å². The lowest BCUT2D eigenvalue weighted by Crippen LogP contribution is -2.57. The largest absolute Gasteiger partial charge is 0.480 e. The van der Waals surface area contributed by atoms with Crippen molar-refractivity contribution < 1.29 is 19.5 Å². The molecule has 9 heteroatoms. The van der Waals surface area contributed by atoms with E-state index in [0.29, 0.717) is 11.4 Å². The number of benzene rings is 2. The van der Waals surface area contributed by atoms with Crippen LogP contribution in [0.4, 0.5) is 0 Å². The topological polar surface area (TPSA) is 152 Å². The van der Waals surface area contributed by atoms with Crippen LogP contribution < -0.4 is 5.73 Å². The second-order valence-corrected chi connectivity index (χ2v) is 7.89. The van der Waals surface area contributed by atoms with Crippen LogP contribution in [-0.2, 0) is 20.8 Å². The van der Waals surface area contributed by atoms with Crippen molar-refractivity contribution in [2.45, 2.75) is 38.6 Å². The first-order chi connectivity index (χ1) is 15.2. The third-order valence-electron chi connectivity index (χ3n) is 5.65. The van der Waals surface area contributed by atoms with E-state index in [1.807, 2.05) is 36.4 Å². The Hall–Kier alpha value is -3.72. The van der Waals surface area contributed by atoms with Crippen LogP contribution in [0.1, 0.15) is 32.3 Å². The Morgan fingerprint density at radius 1 is 1.06 bits per heavy atom. The lowest BCUT2D eigenvalue weighted by molar-refractivity contribution is -0.148. The van der Waals surface area contributed by atoms with E-state index in [-0.39, 0.29) is 30.8 Å². The SMILES string of the molecule is CC(=O)CCC(=O)C(C)C(N)(Cc1ccc(-c2ccccc2-c2nn[nH]n2)cc1)C(=O)O. The number of carbonyl (C=O) groups excluding carboxylic acids is 2. The van der Waals surface area contributed by atoms with Gasteiger partial charge in [0, 0.05) is 30.7 Å². The van der Waals surface area contributed by atoms with E-state index in [1.165, 1.54) is 13.8 Å². The summed E-state index contributed by atoms with van der Waals surface area (Å²) in [6, 6.07) is 14.9. The fourth-order valence-electron chi connectivity index (χ4n) is 3.56. The average molecular weight is 435 g/mol. The van der Waals surface area contributed by atoms with Gasteiger partial charge in [-0.15, -0.1) is 10.2 Å². The first kappa shape index (κ1) is 23.0. The summed E-state index contributed by atoms with van der Waals surface area (Å²) in [7, 11) is 0. The fourth-order valence-corrected chi connectivity index (χ4v) is 3.56. The molecule has 9 nitrogen and oxygen atoms in total. The lowest BCUT2D eigenvalue weighted by atomic mass is 9.77. The van der Waals surface area contributed by atoms with Crippen LogP contribution in [0, 0.1) is 5.92 Å². The molecule has 1 aromatic heterocycles. The number of aromatic amines is 1. The Bertz CT molecular complexity index is 1110. The van der Waals surface area contributed by atoms with Crippen LogP contribution >= 0.6 is 0 Å². The van der Waals surface area contributed by atoms with Gasteiger partial charge in [0.15, 0.2) is 0 Å². The summed E-state index contributed by atoms with van der Waals surface area (Å²) in [5, 5.41) is 23.9. The summed E-state index contributed by atoms with van der Waals surface area (Å²) in [6.45, 7) is 2.90. The van der Waals surface area contributed by atoms with Crippen molar-refractivity contribution in [3.8, 4) is 22.5 Å². The maximum absolute atomic E-state index is 12.5. The van der Waals surface area contributed by atoms with Crippen molar-refractivity contribution >= 4 is 17.5 Å². The van der Waals surface area contributed by atoms with Crippen molar-refractivity contribution in [2.75, 3.05) is 0 Å². The molecule has 3 aromatic rings.